The zero-order chi connectivity index (χ0) is 13.3. The van der Waals surface area contributed by atoms with Crippen molar-refractivity contribution < 1.29 is 4.74 Å². The molecule has 0 bridgehead atoms. The van der Waals surface area contributed by atoms with Crippen molar-refractivity contribution in [1.82, 2.24) is 10.2 Å². The van der Waals surface area contributed by atoms with Crippen LogP contribution in [0.4, 0.5) is 0 Å². The molecule has 1 atom stereocenters. The largest absolute Gasteiger partial charge is 0.496 e. The molecule has 5 heteroatoms. The quantitative estimate of drug-likeness (QED) is 0.895. The van der Waals surface area contributed by atoms with Crippen LogP contribution in [0.3, 0.4) is 0 Å². The van der Waals surface area contributed by atoms with Crippen molar-refractivity contribution in [3.05, 3.63) is 28.2 Å². The average molecular weight is 362 g/mol. The molecule has 1 N–H and O–H groups in total. The Balaban J connectivity index is 0.00000147. The first-order valence-electron chi connectivity index (χ1n) is 6.96. The predicted octanol–water partition coefficient (Wildman–Crippen LogP) is 3.06. The third kappa shape index (κ3) is 3.30. The summed E-state index contributed by atoms with van der Waals surface area (Å²) in [5.74, 6) is 0.994. The second-order valence-corrected chi connectivity index (χ2v) is 6.76. The van der Waals surface area contributed by atoms with E-state index in [1.54, 1.807) is 7.11 Å². The highest BCUT2D eigenvalue weighted by Gasteiger charge is 2.40. The maximum absolute atomic E-state index is 5.47. The lowest BCUT2D eigenvalue weighted by atomic mass is 9.86. The van der Waals surface area contributed by atoms with E-state index in [1.165, 1.54) is 44.6 Å². The molecule has 0 saturated carbocycles. The number of ether oxygens (including phenoxy) is 1. The van der Waals surface area contributed by atoms with Gasteiger partial charge in [0.05, 0.1) is 7.11 Å². The average Bonchev–Trinajstić information content (AvgIpc) is 3.01. The lowest BCUT2D eigenvalue weighted by molar-refractivity contribution is 0.265. The smallest absolute Gasteiger partial charge is 0.123 e. The van der Waals surface area contributed by atoms with E-state index in [9.17, 15) is 0 Å². The number of likely N-dealkylation sites (tertiary alicyclic amines) is 1. The number of methoxy groups -OCH3 is 1. The third-order valence-electron chi connectivity index (χ3n) is 4.49. The van der Waals surface area contributed by atoms with Crippen molar-refractivity contribution in [2.75, 3.05) is 33.3 Å². The van der Waals surface area contributed by atoms with Gasteiger partial charge in [0.15, 0.2) is 0 Å². The molecule has 112 valence electrons. The fourth-order valence-corrected chi connectivity index (χ4v) is 3.83. The van der Waals surface area contributed by atoms with E-state index < -0.39 is 0 Å². The van der Waals surface area contributed by atoms with E-state index in [2.05, 4.69) is 32.2 Å². The number of hydrogen-bond donors (Lipinski definition) is 1. The van der Waals surface area contributed by atoms with Gasteiger partial charge in [0.2, 0.25) is 0 Å². The van der Waals surface area contributed by atoms with Crippen LogP contribution >= 0.6 is 28.3 Å². The molecule has 0 amide bonds. The Hall–Kier alpha value is -0.290. The zero-order valence-corrected chi connectivity index (χ0v) is 14.2. The molecular weight excluding hydrogens is 340 g/mol. The van der Waals surface area contributed by atoms with Gasteiger partial charge in [-0.1, -0.05) is 15.9 Å². The molecule has 0 aromatic heterocycles. The number of benzene rings is 1. The van der Waals surface area contributed by atoms with Crippen LogP contribution in [-0.2, 0) is 6.54 Å². The fourth-order valence-electron chi connectivity index (χ4n) is 3.42. The normalized spacial score (nSPS) is 25.9. The van der Waals surface area contributed by atoms with Crippen LogP contribution in [0.25, 0.3) is 0 Å². The van der Waals surface area contributed by atoms with Crippen LogP contribution in [0.5, 0.6) is 5.75 Å². The van der Waals surface area contributed by atoms with Gasteiger partial charge in [0, 0.05) is 29.7 Å². The first-order chi connectivity index (χ1) is 9.21. The van der Waals surface area contributed by atoms with E-state index in [1.807, 2.05) is 12.1 Å². The van der Waals surface area contributed by atoms with E-state index >= 15 is 0 Å². The molecular formula is C15H22BrClN2O. The minimum absolute atomic E-state index is 0. The Morgan fingerprint density at radius 3 is 2.95 bits per heavy atom. The number of nitrogens with zero attached hydrogens (tertiary/aromatic N) is 1. The minimum atomic E-state index is 0. The molecule has 2 heterocycles. The highest BCUT2D eigenvalue weighted by Crippen LogP contribution is 2.37. The van der Waals surface area contributed by atoms with Gasteiger partial charge in [-0.3, -0.25) is 4.90 Å². The van der Waals surface area contributed by atoms with E-state index in [-0.39, 0.29) is 12.4 Å². The molecule has 1 unspecified atom stereocenters. The molecule has 2 aliphatic rings. The highest BCUT2D eigenvalue weighted by atomic mass is 79.9. The Kier molecular flexibility index (Phi) is 5.35. The molecule has 1 aromatic rings. The Morgan fingerprint density at radius 1 is 1.40 bits per heavy atom. The highest BCUT2D eigenvalue weighted by molar-refractivity contribution is 9.10. The Labute approximate surface area is 135 Å². The van der Waals surface area contributed by atoms with Gasteiger partial charge in [-0.05, 0) is 49.5 Å². The van der Waals surface area contributed by atoms with Crippen molar-refractivity contribution >= 4 is 28.3 Å². The molecule has 0 radical (unpaired) electrons. The summed E-state index contributed by atoms with van der Waals surface area (Å²) < 4.78 is 6.59. The van der Waals surface area contributed by atoms with Crippen molar-refractivity contribution in [1.29, 1.82) is 0 Å². The fraction of sp³-hybridized carbons (Fsp3) is 0.600. The summed E-state index contributed by atoms with van der Waals surface area (Å²) in [7, 11) is 1.75. The lowest BCUT2D eigenvalue weighted by Crippen LogP contribution is -2.29. The maximum atomic E-state index is 5.47. The molecule has 3 nitrogen and oxygen atoms in total. The molecule has 2 saturated heterocycles. The molecule has 2 fully saturated rings. The van der Waals surface area contributed by atoms with Gasteiger partial charge in [0.1, 0.15) is 5.75 Å². The molecule has 1 aromatic carbocycles. The summed E-state index contributed by atoms with van der Waals surface area (Å²) >= 11 is 3.55. The second-order valence-electron chi connectivity index (χ2n) is 5.84. The third-order valence-corrected chi connectivity index (χ3v) is 4.98. The Bertz CT molecular complexity index is 463. The number of rotatable bonds is 3. The first kappa shape index (κ1) is 16.1. The van der Waals surface area contributed by atoms with Gasteiger partial charge in [-0.15, -0.1) is 12.4 Å². The molecule has 2 aliphatic heterocycles. The van der Waals surface area contributed by atoms with Crippen molar-refractivity contribution in [2.24, 2.45) is 5.41 Å². The minimum Gasteiger partial charge on any atom is -0.496 e. The van der Waals surface area contributed by atoms with E-state index in [0.717, 1.165) is 16.8 Å². The molecule has 1 spiro atoms. The number of halogens is 2. The van der Waals surface area contributed by atoms with Crippen LogP contribution < -0.4 is 10.1 Å². The standard InChI is InChI=1S/C15H21BrN2O.ClH/c1-19-14-3-2-13(16)8-12(14)9-18-7-5-15(11-18)4-6-17-10-15;/h2-3,8,17H,4-7,9-11H2,1H3;1H. The number of nitrogens with one attached hydrogen (secondary N) is 1. The van der Waals surface area contributed by atoms with Crippen LogP contribution in [0.15, 0.2) is 22.7 Å². The summed E-state index contributed by atoms with van der Waals surface area (Å²) in [6, 6.07) is 6.26. The monoisotopic (exact) mass is 360 g/mol. The van der Waals surface area contributed by atoms with Gasteiger partial charge < -0.3 is 10.1 Å². The summed E-state index contributed by atoms with van der Waals surface area (Å²) in [5, 5.41) is 3.51. The SMILES string of the molecule is COc1ccc(Br)cc1CN1CCC2(CCNC2)C1.Cl. The lowest BCUT2D eigenvalue weighted by Gasteiger charge is -2.23. The maximum Gasteiger partial charge on any atom is 0.123 e. The van der Waals surface area contributed by atoms with E-state index in [4.69, 9.17) is 4.74 Å². The molecule has 0 aliphatic carbocycles. The second kappa shape index (κ2) is 6.65. The summed E-state index contributed by atoms with van der Waals surface area (Å²) in [6.07, 6.45) is 2.66. The van der Waals surface area contributed by atoms with Crippen LogP contribution in [0.2, 0.25) is 0 Å². The van der Waals surface area contributed by atoms with Gasteiger partial charge in [0.25, 0.3) is 0 Å². The summed E-state index contributed by atoms with van der Waals surface area (Å²) in [5.41, 5.74) is 1.82. The molecule has 3 rings (SSSR count). The topological polar surface area (TPSA) is 24.5 Å². The van der Waals surface area contributed by atoms with E-state index in [0.29, 0.717) is 5.41 Å². The van der Waals surface area contributed by atoms with Crippen molar-refractivity contribution in [3.8, 4) is 5.75 Å². The summed E-state index contributed by atoms with van der Waals surface area (Å²) in [4.78, 5) is 2.57. The van der Waals surface area contributed by atoms with Crippen molar-refractivity contribution in [3.63, 3.8) is 0 Å². The van der Waals surface area contributed by atoms with Crippen molar-refractivity contribution in [2.45, 2.75) is 19.4 Å². The van der Waals surface area contributed by atoms with Gasteiger partial charge >= 0.3 is 0 Å². The first-order valence-corrected chi connectivity index (χ1v) is 7.76. The predicted molar refractivity (Wildman–Crippen MR) is 87.8 cm³/mol. The van der Waals surface area contributed by atoms with Gasteiger partial charge in [-0.2, -0.15) is 0 Å². The number of hydrogen-bond acceptors (Lipinski definition) is 3. The van der Waals surface area contributed by atoms with Crippen LogP contribution in [0.1, 0.15) is 18.4 Å². The summed E-state index contributed by atoms with van der Waals surface area (Å²) in [6.45, 7) is 5.80. The van der Waals surface area contributed by atoms with Gasteiger partial charge in [-0.25, -0.2) is 0 Å². The van der Waals surface area contributed by atoms with Crippen LogP contribution in [-0.4, -0.2) is 38.2 Å². The van der Waals surface area contributed by atoms with Crippen LogP contribution in [0, 0.1) is 5.41 Å². The zero-order valence-electron chi connectivity index (χ0n) is 11.8. The Morgan fingerprint density at radius 2 is 2.25 bits per heavy atom. The molecule has 20 heavy (non-hydrogen) atoms.